The summed E-state index contributed by atoms with van der Waals surface area (Å²) < 4.78 is 10.5. The SMILES string of the molecule is COC(=O)c1sc(N2CC(CO)OC(C)(C)C2)nc1C. The van der Waals surface area contributed by atoms with E-state index in [9.17, 15) is 9.90 Å². The number of aromatic nitrogens is 1. The quantitative estimate of drug-likeness (QED) is 0.846. The van der Waals surface area contributed by atoms with Crippen molar-refractivity contribution >= 4 is 22.4 Å². The van der Waals surface area contributed by atoms with Crippen LogP contribution < -0.4 is 4.90 Å². The molecule has 1 aliphatic rings. The van der Waals surface area contributed by atoms with Crippen molar-refractivity contribution in [2.75, 3.05) is 31.7 Å². The number of anilines is 1. The van der Waals surface area contributed by atoms with Gasteiger partial charge in [0.15, 0.2) is 5.13 Å². The first-order valence-corrected chi connectivity index (χ1v) is 7.27. The Bertz CT molecular complexity index is 501. The first-order valence-electron chi connectivity index (χ1n) is 6.45. The van der Waals surface area contributed by atoms with E-state index in [2.05, 4.69) is 9.88 Å². The molecule has 112 valence electrons. The number of aliphatic hydroxyl groups excluding tert-OH is 1. The molecule has 1 aromatic rings. The van der Waals surface area contributed by atoms with Gasteiger partial charge in [0.2, 0.25) is 0 Å². The van der Waals surface area contributed by atoms with Gasteiger partial charge in [-0.3, -0.25) is 0 Å². The molecule has 20 heavy (non-hydrogen) atoms. The van der Waals surface area contributed by atoms with Crippen LogP contribution in [0.3, 0.4) is 0 Å². The maximum Gasteiger partial charge on any atom is 0.350 e. The summed E-state index contributed by atoms with van der Waals surface area (Å²) >= 11 is 1.32. The molecule has 0 bridgehead atoms. The summed E-state index contributed by atoms with van der Waals surface area (Å²) in [5, 5.41) is 10.1. The molecule has 1 aromatic heterocycles. The summed E-state index contributed by atoms with van der Waals surface area (Å²) in [6.07, 6.45) is -0.246. The third-order valence-electron chi connectivity index (χ3n) is 3.11. The zero-order valence-electron chi connectivity index (χ0n) is 12.2. The number of methoxy groups -OCH3 is 1. The lowest BCUT2D eigenvalue weighted by Gasteiger charge is -2.42. The smallest absolute Gasteiger partial charge is 0.350 e. The second-order valence-electron chi connectivity index (χ2n) is 5.47. The van der Waals surface area contributed by atoms with Gasteiger partial charge in [0.1, 0.15) is 4.88 Å². The Labute approximate surface area is 122 Å². The number of carbonyl (C=O) groups is 1. The van der Waals surface area contributed by atoms with Gasteiger partial charge in [0, 0.05) is 13.1 Å². The molecule has 1 aliphatic heterocycles. The van der Waals surface area contributed by atoms with E-state index in [4.69, 9.17) is 9.47 Å². The maximum absolute atomic E-state index is 11.6. The second-order valence-corrected chi connectivity index (χ2v) is 6.44. The summed E-state index contributed by atoms with van der Waals surface area (Å²) in [6.45, 7) is 6.94. The standard InChI is InChI=1S/C13H20N2O4S/c1-8-10(11(17)18-4)20-12(14-8)15-5-9(6-16)19-13(2,3)7-15/h9,16H,5-7H2,1-4H3. The summed E-state index contributed by atoms with van der Waals surface area (Å²) in [5.41, 5.74) is 0.304. The molecule has 7 heteroatoms. The molecule has 0 spiro atoms. The van der Waals surface area contributed by atoms with Gasteiger partial charge >= 0.3 is 5.97 Å². The number of carbonyl (C=O) groups excluding carboxylic acids is 1. The maximum atomic E-state index is 11.6. The topological polar surface area (TPSA) is 71.9 Å². The number of hydrogen-bond donors (Lipinski definition) is 1. The molecule has 1 N–H and O–H groups in total. The van der Waals surface area contributed by atoms with Crippen LogP contribution in [-0.4, -0.2) is 54.6 Å². The number of aliphatic hydroxyl groups is 1. The van der Waals surface area contributed by atoms with Crippen molar-refractivity contribution in [3.05, 3.63) is 10.6 Å². The fourth-order valence-corrected chi connectivity index (χ4v) is 3.33. The lowest BCUT2D eigenvalue weighted by Crippen LogP contribution is -2.54. The van der Waals surface area contributed by atoms with E-state index < -0.39 is 0 Å². The molecule has 2 rings (SSSR count). The lowest BCUT2D eigenvalue weighted by atomic mass is 10.1. The predicted molar refractivity (Wildman–Crippen MR) is 76.4 cm³/mol. The van der Waals surface area contributed by atoms with E-state index in [1.165, 1.54) is 18.4 Å². The largest absolute Gasteiger partial charge is 0.465 e. The van der Waals surface area contributed by atoms with E-state index in [1.807, 2.05) is 13.8 Å². The normalized spacial score (nSPS) is 21.9. The number of hydrogen-bond acceptors (Lipinski definition) is 7. The molecule has 0 aliphatic carbocycles. The van der Waals surface area contributed by atoms with Crippen molar-refractivity contribution in [1.29, 1.82) is 0 Å². The molecule has 2 heterocycles. The van der Waals surface area contributed by atoms with Crippen LogP contribution in [0.2, 0.25) is 0 Å². The zero-order valence-corrected chi connectivity index (χ0v) is 13.0. The Morgan fingerprint density at radius 3 is 2.95 bits per heavy atom. The third kappa shape index (κ3) is 3.11. The minimum Gasteiger partial charge on any atom is -0.465 e. The van der Waals surface area contributed by atoms with Gasteiger partial charge in [-0.05, 0) is 20.8 Å². The number of aryl methyl sites for hydroxylation is 1. The van der Waals surface area contributed by atoms with E-state index >= 15 is 0 Å². The van der Waals surface area contributed by atoms with Crippen LogP contribution in [0, 0.1) is 6.92 Å². The van der Waals surface area contributed by atoms with Crippen LogP contribution in [0.1, 0.15) is 29.2 Å². The van der Waals surface area contributed by atoms with Gasteiger partial charge < -0.3 is 19.5 Å². The summed E-state index contributed by atoms with van der Waals surface area (Å²) in [4.78, 5) is 18.7. The van der Waals surface area contributed by atoms with Crippen molar-refractivity contribution in [3.8, 4) is 0 Å². The molecule has 0 saturated carbocycles. The molecule has 0 aromatic carbocycles. The van der Waals surface area contributed by atoms with E-state index in [0.717, 1.165) is 5.13 Å². The predicted octanol–water partition coefficient (Wildman–Crippen LogP) is 1.21. The fraction of sp³-hybridized carbons (Fsp3) is 0.692. The Balaban J connectivity index is 2.24. The average Bonchev–Trinajstić information content (AvgIpc) is 2.78. The van der Waals surface area contributed by atoms with Gasteiger partial charge in [0.05, 0.1) is 31.1 Å². The molecular weight excluding hydrogens is 280 g/mol. The van der Waals surface area contributed by atoms with Gasteiger partial charge in [0.25, 0.3) is 0 Å². The van der Waals surface area contributed by atoms with Gasteiger partial charge in [-0.2, -0.15) is 0 Å². The molecule has 6 nitrogen and oxygen atoms in total. The first-order chi connectivity index (χ1) is 9.36. The van der Waals surface area contributed by atoms with Crippen LogP contribution in [0.15, 0.2) is 0 Å². The Morgan fingerprint density at radius 2 is 2.35 bits per heavy atom. The van der Waals surface area contributed by atoms with E-state index in [1.54, 1.807) is 6.92 Å². The van der Waals surface area contributed by atoms with Crippen molar-refractivity contribution in [1.82, 2.24) is 4.98 Å². The van der Waals surface area contributed by atoms with E-state index in [-0.39, 0.29) is 24.3 Å². The Morgan fingerprint density at radius 1 is 1.65 bits per heavy atom. The number of esters is 1. The average molecular weight is 300 g/mol. The highest BCUT2D eigenvalue weighted by Crippen LogP contribution is 2.31. The van der Waals surface area contributed by atoms with Crippen LogP contribution >= 0.6 is 11.3 Å². The van der Waals surface area contributed by atoms with Crippen LogP contribution in [0.5, 0.6) is 0 Å². The zero-order chi connectivity index (χ0) is 14.9. The summed E-state index contributed by atoms with van der Waals surface area (Å²) in [5.74, 6) is -0.363. The minimum atomic E-state index is -0.364. The van der Waals surface area contributed by atoms with Crippen molar-refractivity contribution in [3.63, 3.8) is 0 Å². The fourth-order valence-electron chi connectivity index (χ4n) is 2.34. The lowest BCUT2D eigenvalue weighted by molar-refractivity contribution is -0.101. The van der Waals surface area contributed by atoms with Gasteiger partial charge in [-0.25, -0.2) is 9.78 Å². The minimum absolute atomic E-state index is 0.0336. The molecule has 1 atom stereocenters. The first kappa shape index (κ1) is 15.2. The van der Waals surface area contributed by atoms with Crippen LogP contribution in [0.4, 0.5) is 5.13 Å². The molecule has 0 amide bonds. The molecule has 0 radical (unpaired) electrons. The highest BCUT2D eigenvalue weighted by atomic mass is 32.1. The van der Waals surface area contributed by atoms with Crippen molar-refractivity contribution in [2.24, 2.45) is 0 Å². The van der Waals surface area contributed by atoms with Gasteiger partial charge in [-0.15, -0.1) is 0 Å². The summed E-state index contributed by atoms with van der Waals surface area (Å²) in [6, 6.07) is 0. The van der Waals surface area contributed by atoms with Crippen LogP contribution in [-0.2, 0) is 9.47 Å². The number of ether oxygens (including phenoxy) is 2. The molecule has 1 fully saturated rings. The van der Waals surface area contributed by atoms with Crippen molar-refractivity contribution in [2.45, 2.75) is 32.5 Å². The number of thiazole rings is 1. The number of rotatable bonds is 3. The monoisotopic (exact) mass is 300 g/mol. The Hall–Kier alpha value is -1.18. The van der Waals surface area contributed by atoms with E-state index in [0.29, 0.717) is 23.7 Å². The van der Waals surface area contributed by atoms with Gasteiger partial charge in [-0.1, -0.05) is 11.3 Å². The molecular formula is C13H20N2O4S. The van der Waals surface area contributed by atoms with Crippen molar-refractivity contribution < 1.29 is 19.4 Å². The number of nitrogens with zero attached hydrogens (tertiary/aromatic N) is 2. The molecule has 1 unspecified atom stereocenters. The third-order valence-corrected chi connectivity index (χ3v) is 4.31. The van der Waals surface area contributed by atoms with Crippen LogP contribution in [0.25, 0.3) is 0 Å². The highest BCUT2D eigenvalue weighted by molar-refractivity contribution is 7.17. The molecule has 1 saturated heterocycles. The highest BCUT2D eigenvalue weighted by Gasteiger charge is 2.34. The number of morpholine rings is 1. The summed E-state index contributed by atoms with van der Waals surface area (Å²) in [7, 11) is 1.36. The second kappa shape index (κ2) is 5.67. The Kier molecular flexibility index (Phi) is 4.31.